The molecule has 6 rings (SSSR count). The zero-order valence-corrected chi connectivity index (χ0v) is 25.3. The lowest BCUT2D eigenvalue weighted by molar-refractivity contribution is -0.204. The van der Waals surface area contributed by atoms with E-state index in [1.54, 1.807) is 84.9 Å². The van der Waals surface area contributed by atoms with Gasteiger partial charge in [-0.05, 0) is 23.3 Å². The second-order valence-electron chi connectivity index (χ2n) is 11.0. The van der Waals surface area contributed by atoms with Gasteiger partial charge in [0.25, 0.3) is 0 Å². The van der Waals surface area contributed by atoms with Gasteiger partial charge in [0.15, 0.2) is 11.2 Å². The molecule has 4 N–H and O–H groups in total. The number of nitrogens with two attached hydrogens (primary N) is 1. The summed E-state index contributed by atoms with van der Waals surface area (Å²) in [6.45, 7) is 0. The van der Waals surface area contributed by atoms with Crippen molar-refractivity contribution in [2.75, 3.05) is 28.4 Å². The third-order valence-electron chi connectivity index (χ3n) is 8.90. The third-order valence-corrected chi connectivity index (χ3v) is 8.90. The van der Waals surface area contributed by atoms with Gasteiger partial charge in [-0.3, -0.25) is 4.79 Å². The van der Waals surface area contributed by atoms with Crippen molar-refractivity contribution in [3.63, 3.8) is 0 Å². The van der Waals surface area contributed by atoms with E-state index in [4.69, 9.17) is 29.4 Å². The largest absolute Gasteiger partial charge is 0.497 e. The molecule has 5 atom stereocenters. The Morgan fingerprint density at radius 3 is 2.02 bits per heavy atom. The molecule has 4 aromatic carbocycles. The van der Waals surface area contributed by atoms with E-state index in [1.807, 2.05) is 12.1 Å². The van der Waals surface area contributed by atoms with Crippen molar-refractivity contribution >= 4 is 11.8 Å². The summed E-state index contributed by atoms with van der Waals surface area (Å²) in [6, 6.07) is 27.8. The number of nitrogens with zero attached hydrogens (tertiary/aromatic N) is 1. The van der Waals surface area contributed by atoms with Gasteiger partial charge in [-0.15, -0.1) is 0 Å². The van der Waals surface area contributed by atoms with Gasteiger partial charge in [0.1, 0.15) is 34.8 Å². The van der Waals surface area contributed by atoms with E-state index in [0.29, 0.717) is 28.2 Å². The lowest BCUT2D eigenvalue weighted by Crippen LogP contribution is -2.59. The standard InChI is InChI=1S/C35H34N2O8/c1-41-24-17-15-23(16-18-24)33-28(21-11-7-5-8-12-21)30(32(38)44-4)35(40,37-31(36)22-13-9-6-10-14-22)34(33,39)29-26(43-3)19-25(42-2)20-27(29)45-33/h5-20,28,30,39-40H,1-4H3,(H2,36,37)/t28-,30+,33+,34-,35-/m1/s1. The van der Waals surface area contributed by atoms with Crippen LogP contribution in [0.3, 0.4) is 0 Å². The maximum atomic E-state index is 14.0. The lowest BCUT2D eigenvalue weighted by atomic mass is 9.70. The average molecular weight is 611 g/mol. The summed E-state index contributed by atoms with van der Waals surface area (Å²) in [6.07, 6.45) is 0. The van der Waals surface area contributed by atoms with Gasteiger partial charge in [-0.1, -0.05) is 72.8 Å². The van der Waals surface area contributed by atoms with Crippen LogP contribution in [0.15, 0.2) is 102 Å². The van der Waals surface area contributed by atoms with Crippen molar-refractivity contribution < 1.29 is 38.7 Å². The minimum absolute atomic E-state index is 0.0704. The maximum Gasteiger partial charge on any atom is 0.314 e. The Labute approximate surface area is 260 Å². The van der Waals surface area contributed by atoms with Crippen molar-refractivity contribution in [3.05, 3.63) is 119 Å². The number of aliphatic hydroxyl groups is 2. The minimum atomic E-state index is -2.67. The van der Waals surface area contributed by atoms with Gasteiger partial charge in [-0.25, -0.2) is 4.99 Å². The molecule has 232 valence electrons. The topological polar surface area (TPSA) is 142 Å². The normalized spacial score (nSPS) is 26.8. The number of hydrogen-bond acceptors (Lipinski definition) is 9. The van der Waals surface area contributed by atoms with Crippen LogP contribution in [-0.2, 0) is 20.7 Å². The fraction of sp³-hybridized carbons (Fsp3) is 0.257. The quantitative estimate of drug-likeness (QED) is 0.154. The molecule has 1 fully saturated rings. The first-order chi connectivity index (χ1) is 21.7. The van der Waals surface area contributed by atoms with E-state index in [9.17, 15) is 15.0 Å². The highest BCUT2D eigenvalue weighted by atomic mass is 16.6. The summed E-state index contributed by atoms with van der Waals surface area (Å²) in [4.78, 5) is 18.7. The summed E-state index contributed by atoms with van der Waals surface area (Å²) in [7, 11) is 5.67. The molecule has 0 amide bonds. The van der Waals surface area contributed by atoms with Crippen molar-refractivity contribution in [2.45, 2.75) is 22.8 Å². The third kappa shape index (κ3) is 4.17. The van der Waals surface area contributed by atoms with Gasteiger partial charge < -0.3 is 39.6 Å². The molecule has 10 nitrogen and oxygen atoms in total. The Balaban J connectivity index is 1.79. The molecule has 1 heterocycles. The number of esters is 1. The lowest BCUT2D eigenvalue weighted by Gasteiger charge is -2.42. The molecule has 45 heavy (non-hydrogen) atoms. The van der Waals surface area contributed by atoms with Crippen LogP contribution < -0.4 is 24.7 Å². The Kier molecular flexibility index (Phi) is 7.42. The second-order valence-corrected chi connectivity index (χ2v) is 11.0. The van der Waals surface area contributed by atoms with Crippen LogP contribution in [-0.4, -0.2) is 56.2 Å². The van der Waals surface area contributed by atoms with Crippen LogP contribution >= 0.6 is 0 Å². The number of fused-ring (bicyclic) bond motifs is 3. The SMILES string of the molecule is COC(=O)[C@@H]1[C@@H](c2ccccc2)[C@]2(c3ccc(OC)cc3)Oc3cc(OC)cc(OC)c3[C@]2(O)[C@@]1(O)/N=C(\N)c1ccccc1. The Morgan fingerprint density at radius 1 is 0.822 bits per heavy atom. The van der Waals surface area contributed by atoms with Crippen molar-refractivity contribution in [2.24, 2.45) is 16.6 Å². The predicted octanol–water partition coefficient (Wildman–Crippen LogP) is 3.87. The summed E-state index contributed by atoms with van der Waals surface area (Å²) in [5, 5.41) is 26.7. The summed E-state index contributed by atoms with van der Waals surface area (Å²) in [5.74, 6) is -2.30. The molecular weight excluding hydrogens is 576 g/mol. The fourth-order valence-corrected chi connectivity index (χ4v) is 6.96. The van der Waals surface area contributed by atoms with Gasteiger partial charge in [-0.2, -0.15) is 0 Å². The Morgan fingerprint density at radius 2 is 1.44 bits per heavy atom. The Hall–Kier alpha value is -5.06. The first-order valence-corrected chi connectivity index (χ1v) is 14.3. The maximum absolute atomic E-state index is 14.0. The first kappa shape index (κ1) is 30.0. The molecule has 10 heteroatoms. The number of ether oxygens (including phenoxy) is 5. The van der Waals surface area contributed by atoms with E-state index in [0.717, 1.165) is 0 Å². The zero-order chi connectivity index (χ0) is 32.0. The molecule has 0 spiro atoms. The van der Waals surface area contributed by atoms with Crippen LogP contribution in [0.2, 0.25) is 0 Å². The molecular formula is C35H34N2O8. The monoisotopic (exact) mass is 610 g/mol. The first-order valence-electron chi connectivity index (χ1n) is 14.3. The van der Waals surface area contributed by atoms with Crippen molar-refractivity contribution in [1.82, 2.24) is 0 Å². The molecule has 0 bridgehead atoms. The van der Waals surface area contributed by atoms with Crippen molar-refractivity contribution in [1.29, 1.82) is 0 Å². The van der Waals surface area contributed by atoms with Gasteiger partial charge in [0.2, 0.25) is 5.72 Å². The summed E-state index contributed by atoms with van der Waals surface area (Å²) < 4.78 is 29.0. The smallest absolute Gasteiger partial charge is 0.314 e. The number of aliphatic imine (C=N–C) groups is 1. The van der Waals surface area contributed by atoms with Gasteiger partial charge >= 0.3 is 5.97 Å². The molecule has 0 saturated heterocycles. The highest BCUT2D eigenvalue weighted by Crippen LogP contribution is 2.74. The van der Waals surface area contributed by atoms with E-state index in [1.165, 1.54) is 28.4 Å². The predicted molar refractivity (Wildman–Crippen MR) is 166 cm³/mol. The van der Waals surface area contributed by atoms with Crippen molar-refractivity contribution in [3.8, 4) is 23.0 Å². The highest BCUT2D eigenvalue weighted by molar-refractivity contribution is 5.98. The second kappa shape index (κ2) is 11.1. The number of hydrogen-bond donors (Lipinski definition) is 3. The fourth-order valence-electron chi connectivity index (χ4n) is 6.96. The number of carbonyl (C=O) groups excluding carboxylic acids is 1. The van der Waals surface area contributed by atoms with Crippen LogP contribution in [0.5, 0.6) is 23.0 Å². The number of benzene rings is 4. The molecule has 1 aliphatic carbocycles. The van der Waals surface area contributed by atoms with E-state index >= 15 is 0 Å². The number of methoxy groups -OCH3 is 4. The van der Waals surface area contributed by atoms with Gasteiger partial charge in [0.05, 0.1) is 34.0 Å². The zero-order valence-electron chi connectivity index (χ0n) is 25.3. The van der Waals surface area contributed by atoms with Crippen LogP contribution in [0.1, 0.15) is 28.2 Å². The molecule has 0 radical (unpaired) electrons. The highest BCUT2D eigenvalue weighted by Gasteiger charge is 2.85. The number of rotatable bonds is 8. The minimum Gasteiger partial charge on any atom is -0.497 e. The van der Waals surface area contributed by atoms with E-state index in [-0.39, 0.29) is 22.9 Å². The molecule has 4 aromatic rings. The van der Waals surface area contributed by atoms with Gasteiger partial charge in [0, 0.05) is 23.6 Å². The van der Waals surface area contributed by atoms with E-state index in [2.05, 4.69) is 4.99 Å². The van der Waals surface area contributed by atoms with Crippen LogP contribution in [0.4, 0.5) is 0 Å². The summed E-state index contributed by atoms with van der Waals surface area (Å²) in [5.41, 5.74) is 1.04. The number of amidine groups is 1. The summed E-state index contributed by atoms with van der Waals surface area (Å²) >= 11 is 0. The van der Waals surface area contributed by atoms with E-state index < -0.39 is 34.7 Å². The molecule has 1 saturated carbocycles. The molecule has 0 unspecified atom stereocenters. The molecule has 0 aromatic heterocycles. The molecule has 2 aliphatic rings. The van der Waals surface area contributed by atoms with Crippen LogP contribution in [0.25, 0.3) is 0 Å². The van der Waals surface area contributed by atoms with Crippen LogP contribution in [0, 0.1) is 5.92 Å². The Bertz CT molecular complexity index is 1750. The molecule has 1 aliphatic heterocycles. The number of carbonyl (C=O) groups is 1. The average Bonchev–Trinajstić information content (AvgIpc) is 3.45.